The molecule has 0 unspecified atom stereocenters. The van der Waals surface area contributed by atoms with Gasteiger partial charge >= 0.3 is 6.09 Å². The number of rotatable bonds is 7. The second-order valence-electron chi connectivity index (χ2n) is 5.46. The summed E-state index contributed by atoms with van der Waals surface area (Å²) in [6.45, 7) is 17.0. The van der Waals surface area contributed by atoms with E-state index < -0.39 is 0 Å². The zero-order chi connectivity index (χ0) is 15.1. The number of hydrogen-bond acceptors (Lipinski definition) is 2. The fourth-order valence-electron chi connectivity index (χ4n) is 1.40. The lowest BCUT2D eigenvalue weighted by Crippen LogP contribution is -2.31. The number of nitrogens with zero attached hydrogens (tertiary/aromatic N) is 1. The number of carbonyl (C=O) groups excluding carboxylic acids is 1. The van der Waals surface area contributed by atoms with Gasteiger partial charge in [0, 0.05) is 13.6 Å². The predicted molar refractivity (Wildman–Crippen MR) is 81.1 cm³/mol. The molecule has 108 valence electrons. The average molecular weight is 265 g/mol. The zero-order valence-corrected chi connectivity index (χ0v) is 13.0. The summed E-state index contributed by atoms with van der Waals surface area (Å²) in [7, 11) is 1.75. The first-order valence-corrected chi connectivity index (χ1v) is 6.61. The molecule has 1 amide bonds. The van der Waals surface area contributed by atoms with Crippen molar-refractivity contribution in [3.8, 4) is 0 Å². The lowest BCUT2D eigenvalue weighted by Gasteiger charge is -2.28. The van der Waals surface area contributed by atoms with Crippen molar-refractivity contribution >= 4 is 6.09 Å². The average Bonchev–Trinajstić information content (AvgIpc) is 2.33. The van der Waals surface area contributed by atoms with Gasteiger partial charge in [-0.05, 0) is 31.3 Å². The minimum Gasteiger partial charge on any atom is -0.450 e. The topological polar surface area (TPSA) is 29.5 Å². The standard InChI is InChI=1S/C16H27NO2/c1-8-19-15(18)17(7)12-11-16(5,6)14(4)10-9-13(2)3/h9-10H,2,4,8,11-12H2,1,3,5-7H3/b10-9-. The van der Waals surface area contributed by atoms with Crippen molar-refractivity contribution in [2.24, 2.45) is 5.41 Å². The van der Waals surface area contributed by atoms with E-state index in [0.717, 1.165) is 17.6 Å². The quantitative estimate of drug-likeness (QED) is 0.646. The third-order valence-electron chi connectivity index (χ3n) is 3.09. The molecule has 0 spiro atoms. The van der Waals surface area contributed by atoms with E-state index in [1.807, 2.05) is 19.1 Å². The third kappa shape index (κ3) is 6.85. The van der Waals surface area contributed by atoms with E-state index in [0.29, 0.717) is 13.2 Å². The highest BCUT2D eigenvalue weighted by atomic mass is 16.5. The Hall–Kier alpha value is -1.51. The Morgan fingerprint density at radius 3 is 2.37 bits per heavy atom. The summed E-state index contributed by atoms with van der Waals surface area (Å²) >= 11 is 0. The highest BCUT2D eigenvalue weighted by molar-refractivity contribution is 5.67. The molecular formula is C16H27NO2. The first kappa shape index (κ1) is 17.5. The Labute approximate surface area is 117 Å². The van der Waals surface area contributed by atoms with Crippen LogP contribution in [0, 0.1) is 5.41 Å². The molecule has 0 aliphatic rings. The number of ether oxygens (including phenoxy) is 1. The summed E-state index contributed by atoms with van der Waals surface area (Å²) in [5.41, 5.74) is 1.97. The van der Waals surface area contributed by atoms with Crippen molar-refractivity contribution in [3.05, 3.63) is 36.5 Å². The number of carbonyl (C=O) groups is 1. The molecule has 0 saturated carbocycles. The van der Waals surface area contributed by atoms with E-state index in [1.54, 1.807) is 18.9 Å². The number of amides is 1. The Balaban J connectivity index is 4.41. The molecule has 0 fully saturated rings. The maximum Gasteiger partial charge on any atom is 0.409 e. The highest BCUT2D eigenvalue weighted by Crippen LogP contribution is 2.30. The molecule has 0 atom stereocenters. The summed E-state index contributed by atoms with van der Waals surface area (Å²) in [6, 6.07) is 0. The molecule has 0 N–H and O–H groups in total. The SMILES string of the molecule is C=C(C)/C=C\C(=C)C(C)(C)CCN(C)C(=O)OCC. The zero-order valence-electron chi connectivity index (χ0n) is 13.0. The van der Waals surface area contributed by atoms with E-state index in [-0.39, 0.29) is 11.5 Å². The summed E-state index contributed by atoms with van der Waals surface area (Å²) in [5.74, 6) is 0. The van der Waals surface area contributed by atoms with Crippen LogP contribution in [0.5, 0.6) is 0 Å². The van der Waals surface area contributed by atoms with Crippen LogP contribution in [0.1, 0.15) is 34.1 Å². The van der Waals surface area contributed by atoms with Crippen molar-refractivity contribution in [2.75, 3.05) is 20.2 Å². The summed E-state index contributed by atoms with van der Waals surface area (Å²) < 4.78 is 4.95. The molecule has 0 bridgehead atoms. The largest absolute Gasteiger partial charge is 0.450 e. The van der Waals surface area contributed by atoms with Gasteiger partial charge in [0.25, 0.3) is 0 Å². The van der Waals surface area contributed by atoms with Crippen LogP contribution in [0.4, 0.5) is 4.79 Å². The van der Waals surface area contributed by atoms with Crippen molar-refractivity contribution in [1.82, 2.24) is 4.90 Å². The van der Waals surface area contributed by atoms with E-state index in [9.17, 15) is 4.79 Å². The van der Waals surface area contributed by atoms with Crippen LogP contribution < -0.4 is 0 Å². The van der Waals surface area contributed by atoms with Gasteiger partial charge in [-0.15, -0.1) is 0 Å². The molecule has 0 aromatic rings. The van der Waals surface area contributed by atoms with Crippen LogP contribution in [-0.4, -0.2) is 31.2 Å². The van der Waals surface area contributed by atoms with Crippen molar-refractivity contribution < 1.29 is 9.53 Å². The lowest BCUT2D eigenvalue weighted by molar-refractivity contribution is 0.113. The molecule has 19 heavy (non-hydrogen) atoms. The predicted octanol–water partition coefficient (Wildman–Crippen LogP) is 4.18. The molecule has 0 rings (SSSR count). The fraction of sp³-hybridized carbons (Fsp3) is 0.562. The van der Waals surface area contributed by atoms with Crippen molar-refractivity contribution in [3.63, 3.8) is 0 Å². The maximum absolute atomic E-state index is 11.5. The molecule has 0 aliphatic carbocycles. The number of allylic oxidation sites excluding steroid dienone is 4. The van der Waals surface area contributed by atoms with Crippen LogP contribution in [-0.2, 0) is 4.74 Å². The van der Waals surface area contributed by atoms with E-state index >= 15 is 0 Å². The monoisotopic (exact) mass is 265 g/mol. The molecular weight excluding hydrogens is 238 g/mol. The summed E-state index contributed by atoms with van der Waals surface area (Å²) in [6.07, 6.45) is 4.51. The molecule has 0 aromatic heterocycles. The van der Waals surface area contributed by atoms with Gasteiger partial charge in [-0.25, -0.2) is 4.79 Å². The Bertz CT molecular complexity index is 367. The van der Waals surface area contributed by atoms with Gasteiger partial charge in [0.15, 0.2) is 0 Å². The Morgan fingerprint density at radius 1 is 1.32 bits per heavy atom. The molecule has 0 heterocycles. The van der Waals surface area contributed by atoms with Crippen molar-refractivity contribution in [2.45, 2.75) is 34.1 Å². The first-order chi connectivity index (χ1) is 8.70. The number of hydrogen-bond donors (Lipinski definition) is 0. The van der Waals surface area contributed by atoms with Gasteiger partial charge in [-0.2, -0.15) is 0 Å². The molecule has 0 saturated heterocycles. The molecule has 0 aliphatic heterocycles. The van der Waals surface area contributed by atoms with Gasteiger partial charge in [0.2, 0.25) is 0 Å². The molecule has 3 nitrogen and oxygen atoms in total. The van der Waals surface area contributed by atoms with Gasteiger partial charge in [-0.1, -0.05) is 44.7 Å². The lowest BCUT2D eigenvalue weighted by atomic mass is 9.81. The smallest absolute Gasteiger partial charge is 0.409 e. The van der Waals surface area contributed by atoms with Gasteiger partial charge in [0.1, 0.15) is 0 Å². The van der Waals surface area contributed by atoms with Gasteiger partial charge < -0.3 is 9.64 Å². The van der Waals surface area contributed by atoms with Crippen LogP contribution >= 0.6 is 0 Å². The second kappa shape index (κ2) is 7.82. The van der Waals surface area contributed by atoms with Crippen LogP contribution in [0.25, 0.3) is 0 Å². The Morgan fingerprint density at radius 2 is 1.89 bits per heavy atom. The van der Waals surface area contributed by atoms with Crippen molar-refractivity contribution in [1.29, 1.82) is 0 Å². The van der Waals surface area contributed by atoms with Crippen LogP contribution in [0.15, 0.2) is 36.5 Å². The molecule has 3 heteroatoms. The van der Waals surface area contributed by atoms with Gasteiger partial charge in [0.05, 0.1) is 6.61 Å². The highest BCUT2D eigenvalue weighted by Gasteiger charge is 2.22. The second-order valence-corrected chi connectivity index (χ2v) is 5.46. The third-order valence-corrected chi connectivity index (χ3v) is 3.09. The van der Waals surface area contributed by atoms with Crippen LogP contribution in [0.2, 0.25) is 0 Å². The molecule has 0 aromatic carbocycles. The maximum atomic E-state index is 11.5. The Kier molecular flexibility index (Phi) is 7.20. The van der Waals surface area contributed by atoms with E-state index in [1.165, 1.54) is 0 Å². The minimum atomic E-state index is -0.276. The normalized spacial score (nSPS) is 11.4. The summed E-state index contributed by atoms with van der Waals surface area (Å²) in [5, 5.41) is 0. The minimum absolute atomic E-state index is 0.0628. The van der Waals surface area contributed by atoms with E-state index in [2.05, 4.69) is 27.0 Å². The molecule has 0 radical (unpaired) electrons. The summed E-state index contributed by atoms with van der Waals surface area (Å²) in [4.78, 5) is 13.1. The van der Waals surface area contributed by atoms with E-state index in [4.69, 9.17) is 4.74 Å². The fourth-order valence-corrected chi connectivity index (χ4v) is 1.40. The first-order valence-electron chi connectivity index (χ1n) is 6.61. The van der Waals surface area contributed by atoms with Crippen LogP contribution in [0.3, 0.4) is 0 Å². The van der Waals surface area contributed by atoms with Gasteiger partial charge in [-0.3, -0.25) is 0 Å².